The zero-order valence-corrected chi connectivity index (χ0v) is 26.5. The third-order valence-electron chi connectivity index (χ3n) is 6.79. The lowest BCUT2D eigenvalue weighted by Crippen LogP contribution is -2.36. The van der Waals surface area contributed by atoms with Crippen LogP contribution in [0.2, 0.25) is 10.0 Å². The molecule has 1 aliphatic heterocycles. The molecule has 2 heterocycles. The smallest absolute Gasteiger partial charge is 0.374 e. The van der Waals surface area contributed by atoms with Crippen LogP contribution in [-0.2, 0) is 32.2 Å². The van der Waals surface area contributed by atoms with Crippen LogP contribution in [0.3, 0.4) is 0 Å². The van der Waals surface area contributed by atoms with Crippen LogP contribution in [0.15, 0.2) is 46.2 Å². The predicted octanol–water partition coefficient (Wildman–Crippen LogP) is 6.05. The molecular weight excluding hydrogens is 627 g/mol. The van der Waals surface area contributed by atoms with Crippen molar-refractivity contribution in [2.45, 2.75) is 53.0 Å². The molecule has 0 radical (unpaired) electrons. The van der Waals surface area contributed by atoms with Gasteiger partial charge in [-0.3, -0.25) is 8.74 Å². The minimum absolute atomic E-state index is 0.0763. The number of halogens is 2. The second-order valence-electron chi connectivity index (χ2n) is 9.90. The van der Waals surface area contributed by atoms with Gasteiger partial charge in [0.25, 0.3) is 5.52 Å². The number of rotatable bonds is 13. The second-order valence-corrected chi connectivity index (χ2v) is 12.9. The van der Waals surface area contributed by atoms with Gasteiger partial charge in [-0.1, -0.05) is 30.1 Å². The molecule has 1 unspecified atom stereocenters. The summed E-state index contributed by atoms with van der Waals surface area (Å²) in [5.74, 6) is 1.27. The summed E-state index contributed by atoms with van der Waals surface area (Å²) in [4.78, 5) is 1.92. The molecule has 14 heteroatoms. The largest absolute Gasteiger partial charge is 0.748 e. The van der Waals surface area contributed by atoms with Crippen LogP contribution in [0.5, 0.6) is 5.75 Å². The molecule has 0 bridgehead atoms. The minimum atomic E-state index is -4.30. The maximum absolute atomic E-state index is 11.1. The highest BCUT2D eigenvalue weighted by Gasteiger charge is 2.28. The number of ether oxygens (including phenoxy) is 1. The van der Waals surface area contributed by atoms with E-state index in [4.69, 9.17) is 41.1 Å². The SMILES string of the molecule is CCC(=Cc1oc2cc(C)c(Cl)cc2[n+]1CCCOS(=O)O)C=C1Oc2cc(C)c(Cl)cc2N1CCCCS(=O)(=O)[O-]. The van der Waals surface area contributed by atoms with E-state index in [2.05, 4.69) is 0 Å². The average molecular weight is 660 g/mol. The van der Waals surface area contributed by atoms with Gasteiger partial charge in [-0.15, -0.1) is 0 Å². The van der Waals surface area contributed by atoms with Crippen molar-refractivity contribution in [1.82, 2.24) is 0 Å². The van der Waals surface area contributed by atoms with Crippen LogP contribution in [0.4, 0.5) is 5.69 Å². The molecule has 0 amide bonds. The first-order chi connectivity index (χ1) is 19.9. The second kappa shape index (κ2) is 13.9. The molecule has 1 N–H and O–H groups in total. The summed E-state index contributed by atoms with van der Waals surface area (Å²) < 4.78 is 72.3. The molecule has 228 valence electrons. The van der Waals surface area contributed by atoms with Gasteiger partial charge in [-0.05, 0) is 68.0 Å². The number of nitrogens with zero attached hydrogens (tertiary/aromatic N) is 2. The standard InChI is InChI=1S/C28H32Cl2N2O8S2/c1-4-20(15-28-32(9-7-10-38-41(33)34)24-17-22(30)19(3)13-26(24)40-28)14-27-31(8-5-6-11-42(35,36)37)23-16-21(29)18(2)12-25(23)39-27/h12-17H,4-11H2,1-3H3,(H-,33,34,35,36,37). The highest BCUT2D eigenvalue weighted by Crippen LogP contribution is 2.42. The Labute approximate surface area is 257 Å². The number of anilines is 1. The van der Waals surface area contributed by atoms with Crippen molar-refractivity contribution < 1.29 is 39.6 Å². The lowest BCUT2D eigenvalue weighted by Gasteiger charge is -2.19. The zero-order chi connectivity index (χ0) is 30.6. The number of aryl methyl sites for hydroxylation is 3. The van der Waals surface area contributed by atoms with Crippen LogP contribution in [0.25, 0.3) is 17.2 Å². The van der Waals surface area contributed by atoms with Gasteiger partial charge in [0.1, 0.15) is 0 Å². The molecule has 42 heavy (non-hydrogen) atoms. The third kappa shape index (κ3) is 8.13. The Morgan fingerprint density at radius 1 is 1.14 bits per heavy atom. The number of oxazole rings is 1. The van der Waals surface area contributed by atoms with Gasteiger partial charge in [0.2, 0.25) is 11.5 Å². The van der Waals surface area contributed by atoms with Crippen molar-refractivity contribution in [2.24, 2.45) is 0 Å². The lowest BCUT2D eigenvalue weighted by atomic mass is 10.1. The Morgan fingerprint density at radius 2 is 1.86 bits per heavy atom. The van der Waals surface area contributed by atoms with Crippen LogP contribution in [0.1, 0.15) is 49.6 Å². The van der Waals surface area contributed by atoms with E-state index in [1.807, 2.05) is 66.7 Å². The van der Waals surface area contributed by atoms with Gasteiger partial charge in [0, 0.05) is 35.9 Å². The Morgan fingerprint density at radius 3 is 2.55 bits per heavy atom. The van der Waals surface area contributed by atoms with E-state index in [1.54, 1.807) is 0 Å². The predicted molar refractivity (Wildman–Crippen MR) is 162 cm³/mol. The van der Waals surface area contributed by atoms with E-state index in [0.717, 1.165) is 27.9 Å². The number of hydrogen-bond acceptors (Lipinski definition) is 8. The van der Waals surface area contributed by atoms with E-state index >= 15 is 0 Å². The van der Waals surface area contributed by atoms with Crippen LogP contribution in [0, 0.1) is 13.8 Å². The summed E-state index contributed by atoms with van der Waals surface area (Å²) in [6, 6.07) is 7.35. The molecule has 0 saturated carbocycles. The van der Waals surface area contributed by atoms with Crippen molar-refractivity contribution in [3.63, 3.8) is 0 Å². The van der Waals surface area contributed by atoms with E-state index in [1.165, 1.54) is 0 Å². The number of aromatic nitrogens is 1. The molecular formula is C28H32Cl2N2O8S2. The Bertz CT molecular complexity index is 1670. The van der Waals surface area contributed by atoms with Crippen molar-refractivity contribution in [2.75, 3.05) is 23.8 Å². The lowest BCUT2D eigenvalue weighted by molar-refractivity contribution is -0.678. The molecule has 0 aliphatic carbocycles. The maximum atomic E-state index is 11.1. The van der Waals surface area contributed by atoms with Crippen LogP contribution in [-0.4, -0.2) is 40.6 Å². The highest BCUT2D eigenvalue weighted by atomic mass is 35.5. The fourth-order valence-corrected chi connectivity index (χ4v) is 5.72. The molecule has 3 aromatic rings. The van der Waals surface area contributed by atoms with Crippen LogP contribution >= 0.6 is 23.2 Å². The number of allylic oxidation sites excluding steroid dienone is 2. The minimum Gasteiger partial charge on any atom is -0.748 e. The topological polar surface area (TPSA) is 133 Å². The van der Waals surface area contributed by atoms with Gasteiger partial charge in [0.05, 0.1) is 33.5 Å². The fraction of sp³-hybridized carbons (Fsp3) is 0.393. The quantitative estimate of drug-likeness (QED) is 0.101. The van der Waals surface area contributed by atoms with Gasteiger partial charge < -0.3 is 18.6 Å². The number of benzene rings is 2. The van der Waals surface area contributed by atoms with E-state index in [-0.39, 0.29) is 13.0 Å². The van der Waals surface area contributed by atoms with E-state index in [0.29, 0.717) is 65.5 Å². The van der Waals surface area contributed by atoms with Crippen molar-refractivity contribution in [3.05, 3.63) is 68.9 Å². The molecule has 1 aliphatic rings. The first-order valence-electron chi connectivity index (χ1n) is 13.3. The molecule has 1 aromatic heterocycles. The van der Waals surface area contributed by atoms with Crippen molar-refractivity contribution in [3.8, 4) is 5.75 Å². The van der Waals surface area contributed by atoms with Crippen LogP contribution < -0.4 is 14.2 Å². The first-order valence-corrected chi connectivity index (χ1v) is 16.7. The molecule has 10 nitrogen and oxygen atoms in total. The number of unbranched alkanes of at least 4 members (excludes halogenated alkanes) is 1. The Balaban J connectivity index is 1.70. The van der Waals surface area contributed by atoms with E-state index < -0.39 is 27.2 Å². The van der Waals surface area contributed by atoms with Gasteiger partial charge >= 0.3 is 17.3 Å². The van der Waals surface area contributed by atoms with Crippen molar-refractivity contribution in [1.29, 1.82) is 0 Å². The zero-order valence-electron chi connectivity index (χ0n) is 23.4. The number of hydrogen-bond donors (Lipinski definition) is 1. The van der Waals surface area contributed by atoms with E-state index in [9.17, 15) is 17.2 Å². The molecule has 0 fully saturated rings. The fourth-order valence-electron chi connectivity index (χ4n) is 4.59. The Hall–Kier alpha value is -2.45. The molecule has 0 spiro atoms. The first kappa shape index (κ1) is 32.5. The average Bonchev–Trinajstić information content (AvgIpc) is 3.40. The molecule has 2 aromatic carbocycles. The molecule has 1 atom stereocenters. The number of fused-ring (bicyclic) bond motifs is 2. The normalized spacial score (nSPS) is 15.5. The van der Waals surface area contributed by atoms with Gasteiger partial charge in [-0.2, -0.15) is 8.78 Å². The van der Waals surface area contributed by atoms with Gasteiger partial charge in [-0.25, -0.2) is 8.42 Å². The summed E-state index contributed by atoms with van der Waals surface area (Å²) in [5, 5.41) is 1.16. The summed E-state index contributed by atoms with van der Waals surface area (Å²) in [6.07, 6.45) is 5.52. The summed E-state index contributed by atoms with van der Waals surface area (Å²) in [5.41, 5.74) is 4.76. The maximum Gasteiger partial charge on any atom is 0.374 e. The summed E-state index contributed by atoms with van der Waals surface area (Å²) in [7, 11) is -4.30. The van der Waals surface area contributed by atoms with Crippen molar-refractivity contribution >= 4 is 67.5 Å². The van der Waals surface area contributed by atoms with Gasteiger partial charge in [0.15, 0.2) is 12.3 Å². The summed E-state index contributed by atoms with van der Waals surface area (Å²) >= 11 is 10.5. The molecule has 4 rings (SSSR count). The monoisotopic (exact) mass is 658 g/mol. The molecule has 0 saturated heterocycles. The Kier molecular flexibility index (Phi) is 10.7. The summed E-state index contributed by atoms with van der Waals surface area (Å²) in [6.45, 7) is 6.70. The third-order valence-corrected chi connectivity index (χ3v) is 8.76. The highest BCUT2D eigenvalue weighted by molar-refractivity contribution is 7.85.